The van der Waals surface area contributed by atoms with Gasteiger partial charge in [0.05, 0.1) is 5.56 Å². The zero-order chi connectivity index (χ0) is 19.7. The Morgan fingerprint density at radius 3 is 2.54 bits per heavy atom. The minimum atomic E-state index is -0.410. The molecule has 1 heterocycles. The number of aryl methyl sites for hydroxylation is 1. The summed E-state index contributed by atoms with van der Waals surface area (Å²) in [5.74, 6) is 0.255. The average molecular weight is 395 g/mol. The van der Waals surface area contributed by atoms with E-state index in [0.29, 0.717) is 27.5 Å². The second kappa shape index (κ2) is 7.49. The molecule has 0 unspecified atom stereocenters. The topological polar surface area (TPSA) is 39.4 Å². The molecular formula is C23H16ClFO3. The van der Waals surface area contributed by atoms with Crippen molar-refractivity contribution < 1.29 is 13.5 Å². The van der Waals surface area contributed by atoms with Gasteiger partial charge in [-0.1, -0.05) is 41.9 Å². The molecule has 0 saturated carbocycles. The van der Waals surface area contributed by atoms with Crippen molar-refractivity contribution in [1.29, 1.82) is 0 Å². The summed E-state index contributed by atoms with van der Waals surface area (Å²) >= 11 is 5.95. The van der Waals surface area contributed by atoms with Crippen LogP contribution in [0, 0.1) is 12.7 Å². The molecule has 3 aromatic carbocycles. The Bertz CT molecular complexity index is 1210. The molecule has 28 heavy (non-hydrogen) atoms. The summed E-state index contributed by atoms with van der Waals surface area (Å²) in [5, 5.41) is 1.35. The molecule has 0 aliphatic rings. The third-order valence-electron chi connectivity index (χ3n) is 4.62. The first-order valence-corrected chi connectivity index (χ1v) is 9.10. The predicted molar refractivity (Wildman–Crippen MR) is 108 cm³/mol. The Labute approximate surface area is 166 Å². The lowest BCUT2D eigenvalue weighted by Crippen LogP contribution is -2.06. The number of benzene rings is 3. The Kier molecular flexibility index (Phi) is 4.88. The van der Waals surface area contributed by atoms with E-state index in [-0.39, 0.29) is 12.4 Å². The highest BCUT2D eigenvalue weighted by atomic mass is 35.5. The standard InChI is InChI=1S/C23H16ClFO3/c1-14-19-12-18(27-13-16-4-2-3-5-20(16)25)10-11-21(19)28-23(26)22(14)15-6-8-17(24)9-7-15/h2-12H,13H2,1H3. The van der Waals surface area contributed by atoms with Gasteiger partial charge < -0.3 is 9.15 Å². The maximum atomic E-state index is 13.8. The second-order valence-electron chi connectivity index (χ2n) is 6.43. The van der Waals surface area contributed by atoms with Gasteiger partial charge in [0.1, 0.15) is 23.8 Å². The molecule has 4 rings (SSSR count). The largest absolute Gasteiger partial charge is 0.489 e. The van der Waals surface area contributed by atoms with Crippen LogP contribution < -0.4 is 10.4 Å². The van der Waals surface area contributed by atoms with Crippen LogP contribution in [0.5, 0.6) is 5.75 Å². The number of hydrogen-bond acceptors (Lipinski definition) is 3. The minimum Gasteiger partial charge on any atom is -0.489 e. The lowest BCUT2D eigenvalue weighted by Gasteiger charge is -2.11. The van der Waals surface area contributed by atoms with Crippen molar-refractivity contribution in [3.05, 3.63) is 99.1 Å². The predicted octanol–water partition coefficient (Wildman–Crippen LogP) is 6.14. The molecule has 0 spiro atoms. The molecule has 0 N–H and O–H groups in total. The summed E-state index contributed by atoms with van der Waals surface area (Å²) < 4.78 is 25.0. The Morgan fingerprint density at radius 1 is 1.04 bits per heavy atom. The summed E-state index contributed by atoms with van der Waals surface area (Å²) in [6, 6.07) is 18.7. The first kappa shape index (κ1) is 18.3. The van der Waals surface area contributed by atoms with E-state index in [1.54, 1.807) is 60.7 Å². The minimum absolute atomic E-state index is 0.109. The number of ether oxygens (including phenoxy) is 1. The SMILES string of the molecule is Cc1c(-c2ccc(Cl)cc2)c(=O)oc2ccc(OCc3ccccc3F)cc12. The third-order valence-corrected chi connectivity index (χ3v) is 4.87. The van der Waals surface area contributed by atoms with Crippen LogP contribution in [0.1, 0.15) is 11.1 Å². The summed E-state index contributed by atoms with van der Waals surface area (Å²) in [4.78, 5) is 12.5. The van der Waals surface area contributed by atoms with Crippen LogP contribution in [-0.4, -0.2) is 0 Å². The van der Waals surface area contributed by atoms with Gasteiger partial charge in [0.25, 0.3) is 0 Å². The van der Waals surface area contributed by atoms with Crippen LogP contribution in [0.3, 0.4) is 0 Å². The molecule has 0 saturated heterocycles. The smallest absolute Gasteiger partial charge is 0.344 e. The van der Waals surface area contributed by atoms with E-state index in [0.717, 1.165) is 16.5 Å². The van der Waals surface area contributed by atoms with Crippen molar-refractivity contribution >= 4 is 22.6 Å². The molecule has 1 aromatic heterocycles. The van der Waals surface area contributed by atoms with E-state index in [4.69, 9.17) is 20.8 Å². The van der Waals surface area contributed by atoms with Crippen LogP contribution in [0.2, 0.25) is 5.02 Å². The van der Waals surface area contributed by atoms with E-state index >= 15 is 0 Å². The van der Waals surface area contributed by atoms with Gasteiger partial charge >= 0.3 is 5.63 Å². The summed E-state index contributed by atoms with van der Waals surface area (Å²) in [5.41, 5.74) is 2.53. The molecule has 0 fully saturated rings. The van der Waals surface area contributed by atoms with Gasteiger partial charge in [0.15, 0.2) is 0 Å². The molecule has 0 amide bonds. The zero-order valence-electron chi connectivity index (χ0n) is 15.0. The highest BCUT2D eigenvalue weighted by molar-refractivity contribution is 6.30. The van der Waals surface area contributed by atoms with Gasteiger partial charge in [-0.15, -0.1) is 0 Å². The van der Waals surface area contributed by atoms with Crippen molar-refractivity contribution in [3.63, 3.8) is 0 Å². The molecule has 0 aliphatic heterocycles. The zero-order valence-corrected chi connectivity index (χ0v) is 15.8. The highest BCUT2D eigenvalue weighted by Crippen LogP contribution is 2.30. The van der Waals surface area contributed by atoms with E-state index in [9.17, 15) is 9.18 Å². The van der Waals surface area contributed by atoms with Crippen LogP contribution in [0.4, 0.5) is 4.39 Å². The summed E-state index contributed by atoms with van der Waals surface area (Å²) in [6.07, 6.45) is 0. The van der Waals surface area contributed by atoms with E-state index < -0.39 is 5.63 Å². The van der Waals surface area contributed by atoms with Crippen molar-refractivity contribution in [3.8, 4) is 16.9 Å². The maximum Gasteiger partial charge on any atom is 0.344 e. The first-order chi connectivity index (χ1) is 13.5. The molecule has 0 atom stereocenters. The van der Waals surface area contributed by atoms with Gasteiger partial charge in [-0.3, -0.25) is 0 Å². The van der Waals surface area contributed by atoms with Crippen LogP contribution in [0.25, 0.3) is 22.1 Å². The highest BCUT2D eigenvalue weighted by Gasteiger charge is 2.14. The summed E-state index contributed by atoms with van der Waals surface area (Å²) in [7, 11) is 0. The number of fused-ring (bicyclic) bond motifs is 1. The summed E-state index contributed by atoms with van der Waals surface area (Å²) in [6.45, 7) is 1.97. The Morgan fingerprint density at radius 2 is 1.79 bits per heavy atom. The monoisotopic (exact) mass is 394 g/mol. The van der Waals surface area contributed by atoms with Crippen LogP contribution in [-0.2, 0) is 6.61 Å². The Balaban J connectivity index is 1.73. The fraction of sp³-hybridized carbons (Fsp3) is 0.0870. The van der Waals surface area contributed by atoms with Crippen molar-refractivity contribution in [2.75, 3.05) is 0 Å². The van der Waals surface area contributed by atoms with Crippen molar-refractivity contribution in [1.82, 2.24) is 0 Å². The molecule has 5 heteroatoms. The molecule has 0 bridgehead atoms. The Hall–Kier alpha value is -3.11. The molecule has 0 radical (unpaired) electrons. The molecule has 3 nitrogen and oxygen atoms in total. The van der Waals surface area contributed by atoms with Gasteiger partial charge in [-0.25, -0.2) is 9.18 Å². The van der Waals surface area contributed by atoms with Crippen LogP contribution >= 0.6 is 11.6 Å². The quantitative estimate of drug-likeness (QED) is 0.390. The molecule has 0 aliphatic carbocycles. The third kappa shape index (κ3) is 3.51. The van der Waals surface area contributed by atoms with E-state index in [1.165, 1.54) is 6.07 Å². The fourth-order valence-corrected chi connectivity index (χ4v) is 3.27. The van der Waals surface area contributed by atoms with E-state index in [2.05, 4.69) is 0 Å². The lowest BCUT2D eigenvalue weighted by molar-refractivity contribution is 0.300. The van der Waals surface area contributed by atoms with Crippen molar-refractivity contribution in [2.45, 2.75) is 13.5 Å². The first-order valence-electron chi connectivity index (χ1n) is 8.72. The molecule has 4 aromatic rings. The van der Waals surface area contributed by atoms with Gasteiger partial charge in [0.2, 0.25) is 0 Å². The molecule has 140 valence electrons. The lowest BCUT2D eigenvalue weighted by atomic mass is 9.99. The average Bonchev–Trinajstić information content (AvgIpc) is 2.69. The maximum absolute atomic E-state index is 13.8. The number of hydrogen-bond donors (Lipinski definition) is 0. The fourth-order valence-electron chi connectivity index (χ4n) is 3.15. The van der Waals surface area contributed by atoms with Gasteiger partial charge in [-0.2, -0.15) is 0 Å². The van der Waals surface area contributed by atoms with E-state index in [1.807, 2.05) is 6.92 Å². The van der Waals surface area contributed by atoms with Gasteiger partial charge in [-0.05, 0) is 54.4 Å². The number of rotatable bonds is 4. The second-order valence-corrected chi connectivity index (χ2v) is 6.87. The normalized spacial score (nSPS) is 11.0. The number of halogens is 2. The van der Waals surface area contributed by atoms with Gasteiger partial charge in [0, 0.05) is 16.0 Å². The van der Waals surface area contributed by atoms with Crippen LogP contribution in [0.15, 0.2) is 75.9 Å². The van der Waals surface area contributed by atoms with Crippen molar-refractivity contribution in [2.24, 2.45) is 0 Å². The molecular weight excluding hydrogens is 379 g/mol.